The van der Waals surface area contributed by atoms with E-state index in [9.17, 15) is 4.79 Å². The molecule has 0 aliphatic heterocycles. The largest absolute Gasteiger partial charge is 0.481 e. The Morgan fingerprint density at radius 1 is 1.14 bits per heavy atom. The summed E-state index contributed by atoms with van der Waals surface area (Å²) in [5.74, 6) is 0.506. The SMILES string of the molecule is Cc1ccccc1O[C@@H](C)C(=O)Nc1cccc(Cl)c1C. The molecule has 1 amide bonds. The van der Waals surface area contributed by atoms with Crippen LogP contribution in [0.3, 0.4) is 0 Å². The van der Waals surface area contributed by atoms with Crippen LogP contribution in [0.1, 0.15) is 18.1 Å². The van der Waals surface area contributed by atoms with Gasteiger partial charge >= 0.3 is 0 Å². The maximum atomic E-state index is 12.2. The van der Waals surface area contributed by atoms with Gasteiger partial charge in [-0.1, -0.05) is 35.9 Å². The van der Waals surface area contributed by atoms with Gasteiger partial charge in [0.1, 0.15) is 5.75 Å². The third-order valence-electron chi connectivity index (χ3n) is 3.29. The predicted molar refractivity (Wildman–Crippen MR) is 86.1 cm³/mol. The average molecular weight is 304 g/mol. The molecule has 0 heterocycles. The van der Waals surface area contributed by atoms with Crippen molar-refractivity contribution in [2.75, 3.05) is 5.32 Å². The van der Waals surface area contributed by atoms with E-state index in [1.807, 2.05) is 44.2 Å². The average Bonchev–Trinajstić information content (AvgIpc) is 2.46. The van der Waals surface area contributed by atoms with Crippen molar-refractivity contribution < 1.29 is 9.53 Å². The molecular formula is C17H18ClNO2. The number of nitrogens with one attached hydrogen (secondary N) is 1. The first-order chi connectivity index (χ1) is 9.99. The van der Waals surface area contributed by atoms with Crippen molar-refractivity contribution in [3.63, 3.8) is 0 Å². The highest BCUT2D eigenvalue weighted by molar-refractivity contribution is 6.31. The monoisotopic (exact) mass is 303 g/mol. The van der Waals surface area contributed by atoms with Crippen LogP contribution in [-0.2, 0) is 4.79 Å². The van der Waals surface area contributed by atoms with Crippen LogP contribution >= 0.6 is 11.6 Å². The second-order valence-corrected chi connectivity index (χ2v) is 5.33. The molecule has 2 aromatic rings. The number of halogens is 1. The molecule has 0 aliphatic carbocycles. The Kier molecular flexibility index (Phi) is 4.86. The Labute approximate surface area is 129 Å². The summed E-state index contributed by atoms with van der Waals surface area (Å²) >= 11 is 6.04. The van der Waals surface area contributed by atoms with E-state index in [4.69, 9.17) is 16.3 Å². The highest BCUT2D eigenvalue weighted by Gasteiger charge is 2.16. The number of benzene rings is 2. The molecule has 1 atom stereocenters. The minimum absolute atomic E-state index is 0.205. The van der Waals surface area contributed by atoms with Crippen molar-refractivity contribution in [3.8, 4) is 5.75 Å². The molecule has 0 saturated heterocycles. The lowest BCUT2D eigenvalue weighted by Gasteiger charge is -2.17. The lowest BCUT2D eigenvalue weighted by atomic mass is 10.2. The molecule has 21 heavy (non-hydrogen) atoms. The molecule has 2 aromatic carbocycles. The fraction of sp³-hybridized carbons (Fsp3) is 0.235. The fourth-order valence-corrected chi connectivity index (χ4v) is 2.08. The summed E-state index contributed by atoms with van der Waals surface area (Å²) < 4.78 is 5.70. The van der Waals surface area contributed by atoms with Gasteiger partial charge in [-0.05, 0) is 50.1 Å². The predicted octanol–water partition coefficient (Wildman–Crippen LogP) is 4.36. The minimum Gasteiger partial charge on any atom is -0.481 e. The Morgan fingerprint density at radius 3 is 2.57 bits per heavy atom. The zero-order valence-corrected chi connectivity index (χ0v) is 13.1. The summed E-state index contributed by atoms with van der Waals surface area (Å²) in [7, 11) is 0. The first kappa shape index (κ1) is 15.4. The van der Waals surface area contributed by atoms with Crippen molar-refractivity contribution >= 4 is 23.2 Å². The van der Waals surface area contributed by atoms with Crippen molar-refractivity contribution in [2.45, 2.75) is 26.9 Å². The Morgan fingerprint density at radius 2 is 1.86 bits per heavy atom. The van der Waals surface area contributed by atoms with Gasteiger partial charge in [-0.15, -0.1) is 0 Å². The zero-order chi connectivity index (χ0) is 15.4. The number of para-hydroxylation sites is 1. The minimum atomic E-state index is -0.593. The summed E-state index contributed by atoms with van der Waals surface area (Å²) in [5, 5.41) is 3.47. The van der Waals surface area contributed by atoms with Gasteiger partial charge in [0.25, 0.3) is 5.91 Å². The van der Waals surface area contributed by atoms with Crippen LogP contribution < -0.4 is 10.1 Å². The second-order valence-electron chi connectivity index (χ2n) is 4.93. The first-order valence-electron chi connectivity index (χ1n) is 6.77. The standard InChI is InChI=1S/C17H18ClNO2/c1-11-7-4-5-10-16(11)21-13(3)17(20)19-15-9-6-8-14(18)12(15)2/h4-10,13H,1-3H3,(H,19,20)/t13-/m0/s1. The third kappa shape index (κ3) is 3.76. The van der Waals surface area contributed by atoms with Crippen molar-refractivity contribution in [3.05, 3.63) is 58.6 Å². The van der Waals surface area contributed by atoms with Gasteiger partial charge in [-0.25, -0.2) is 0 Å². The van der Waals surface area contributed by atoms with E-state index in [2.05, 4.69) is 5.32 Å². The van der Waals surface area contributed by atoms with Gasteiger partial charge < -0.3 is 10.1 Å². The molecule has 2 rings (SSSR count). The Bertz CT molecular complexity index is 655. The number of ether oxygens (including phenoxy) is 1. The second kappa shape index (κ2) is 6.64. The van der Waals surface area contributed by atoms with E-state index in [0.717, 1.165) is 11.1 Å². The lowest BCUT2D eigenvalue weighted by molar-refractivity contribution is -0.122. The Hall–Kier alpha value is -2.00. The quantitative estimate of drug-likeness (QED) is 0.911. The number of aryl methyl sites for hydroxylation is 1. The highest BCUT2D eigenvalue weighted by Crippen LogP contribution is 2.23. The number of carbonyl (C=O) groups excluding carboxylic acids is 1. The highest BCUT2D eigenvalue weighted by atomic mass is 35.5. The van der Waals surface area contributed by atoms with E-state index >= 15 is 0 Å². The number of amides is 1. The first-order valence-corrected chi connectivity index (χ1v) is 7.15. The van der Waals surface area contributed by atoms with Crippen molar-refractivity contribution in [1.29, 1.82) is 0 Å². The van der Waals surface area contributed by atoms with Crippen LogP contribution in [0.15, 0.2) is 42.5 Å². The van der Waals surface area contributed by atoms with Gasteiger partial charge in [0.05, 0.1) is 0 Å². The molecule has 110 valence electrons. The molecule has 0 aromatic heterocycles. The van der Waals surface area contributed by atoms with Crippen LogP contribution in [0.2, 0.25) is 5.02 Å². The number of rotatable bonds is 4. The molecule has 0 radical (unpaired) electrons. The van der Waals surface area contributed by atoms with E-state index in [-0.39, 0.29) is 5.91 Å². The van der Waals surface area contributed by atoms with E-state index < -0.39 is 6.10 Å². The molecule has 3 nitrogen and oxygen atoms in total. The van der Waals surface area contributed by atoms with Crippen LogP contribution in [0, 0.1) is 13.8 Å². The topological polar surface area (TPSA) is 38.3 Å². The summed E-state index contributed by atoms with van der Waals surface area (Å²) in [6, 6.07) is 13.0. The summed E-state index contributed by atoms with van der Waals surface area (Å²) in [6.45, 7) is 5.54. The summed E-state index contributed by atoms with van der Waals surface area (Å²) in [6.07, 6.45) is -0.593. The van der Waals surface area contributed by atoms with Gasteiger partial charge in [0.15, 0.2) is 6.10 Å². The van der Waals surface area contributed by atoms with Gasteiger partial charge in [-0.2, -0.15) is 0 Å². The summed E-state index contributed by atoms with van der Waals surface area (Å²) in [5.41, 5.74) is 2.54. The van der Waals surface area contributed by atoms with E-state index in [1.54, 1.807) is 19.1 Å². The third-order valence-corrected chi connectivity index (χ3v) is 3.70. The molecular weight excluding hydrogens is 286 g/mol. The van der Waals surface area contributed by atoms with Crippen LogP contribution in [-0.4, -0.2) is 12.0 Å². The maximum absolute atomic E-state index is 12.2. The number of hydrogen-bond donors (Lipinski definition) is 1. The van der Waals surface area contributed by atoms with Crippen molar-refractivity contribution in [2.24, 2.45) is 0 Å². The maximum Gasteiger partial charge on any atom is 0.265 e. The van der Waals surface area contributed by atoms with Gasteiger partial charge in [0.2, 0.25) is 0 Å². The fourth-order valence-electron chi connectivity index (χ4n) is 1.91. The molecule has 0 aliphatic rings. The van der Waals surface area contributed by atoms with Crippen LogP contribution in [0.4, 0.5) is 5.69 Å². The molecule has 0 saturated carbocycles. The number of carbonyl (C=O) groups is 1. The van der Waals surface area contributed by atoms with E-state index in [0.29, 0.717) is 16.5 Å². The molecule has 4 heteroatoms. The van der Waals surface area contributed by atoms with Gasteiger partial charge in [-0.3, -0.25) is 4.79 Å². The lowest BCUT2D eigenvalue weighted by Crippen LogP contribution is -2.30. The molecule has 0 spiro atoms. The van der Waals surface area contributed by atoms with Crippen LogP contribution in [0.25, 0.3) is 0 Å². The van der Waals surface area contributed by atoms with Crippen LogP contribution in [0.5, 0.6) is 5.75 Å². The molecule has 1 N–H and O–H groups in total. The number of hydrogen-bond acceptors (Lipinski definition) is 2. The zero-order valence-electron chi connectivity index (χ0n) is 12.3. The van der Waals surface area contributed by atoms with Crippen molar-refractivity contribution in [1.82, 2.24) is 0 Å². The molecule has 0 unspecified atom stereocenters. The summed E-state index contributed by atoms with van der Waals surface area (Å²) in [4.78, 5) is 12.2. The smallest absolute Gasteiger partial charge is 0.265 e. The van der Waals surface area contributed by atoms with E-state index in [1.165, 1.54) is 0 Å². The Balaban J connectivity index is 2.06. The normalized spacial score (nSPS) is 11.8. The molecule has 0 bridgehead atoms. The molecule has 0 fully saturated rings. The van der Waals surface area contributed by atoms with Gasteiger partial charge in [0, 0.05) is 10.7 Å². The number of anilines is 1.